The van der Waals surface area contributed by atoms with Crippen LogP contribution in [0.3, 0.4) is 0 Å². The van der Waals surface area contributed by atoms with Crippen LogP contribution in [0, 0.1) is 12.3 Å². The normalized spacial score (nSPS) is 17.3. The third kappa shape index (κ3) is 6.26. The second kappa shape index (κ2) is 10.5. The van der Waals surface area contributed by atoms with Crippen LogP contribution in [0.5, 0.6) is 11.5 Å². The molecule has 0 aliphatic heterocycles. The van der Waals surface area contributed by atoms with Crippen LogP contribution in [-0.2, 0) is 9.53 Å². The molecule has 1 aromatic carbocycles. The Labute approximate surface area is 191 Å². The zero-order valence-corrected chi connectivity index (χ0v) is 18.4. The van der Waals surface area contributed by atoms with Gasteiger partial charge in [-0.1, -0.05) is 5.92 Å². The molecule has 0 spiro atoms. The smallest absolute Gasteiger partial charge is 0.407 e. The highest BCUT2D eigenvalue weighted by atomic mass is 16.6. The Kier molecular flexibility index (Phi) is 7.56. The molecule has 2 atom stereocenters. The molecule has 1 aromatic heterocycles. The van der Waals surface area contributed by atoms with E-state index in [-0.39, 0.29) is 35.1 Å². The number of nitrogens with one attached hydrogen (secondary N) is 3. The summed E-state index contributed by atoms with van der Waals surface area (Å²) in [5.74, 6) is 1.96. The topological polar surface area (TPSA) is 143 Å². The number of anilines is 1. The number of amides is 2. The van der Waals surface area contributed by atoms with Crippen molar-refractivity contribution < 1.29 is 29.0 Å². The van der Waals surface area contributed by atoms with Crippen molar-refractivity contribution in [1.29, 1.82) is 0 Å². The maximum atomic E-state index is 12.3. The number of aromatic hydroxyl groups is 1. The van der Waals surface area contributed by atoms with E-state index in [0.717, 1.165) is 18.5 Å². The average molecular weight is 454 g/mol. The molecule has 0 saturated heterocycles. The van der Waals surface area contributed by atoms with Crippen molar-refractivity contribution >= 4 is 24.1 Å². The largest absolute Gasteiger partial charge is 0.507 e. The van der Waals surface area contributed by atoms with E-state index in [1.165, 1.54) is 12.1 Å². The van der Waals surface area contributed by atoms with Gasteiger partial charge in [-0.05, 0) is 45.2 Å². The van der Waals surface area contributed by atoms with Crippen LogP contribution in [0.25, 0.3) is 0 Å². The van der Waals surface area contributed by atoms with E-state index < -0.39 is 18.6 Å². The zero-order chi connectivity index (χ0) is 24.0. The third-order valence-electron chi connectivity index (χ3n) is 5.13. The molecule has 174 valence electrons. The summed E-state index contributed by atoms with van der Waals surface area (Å²) in [7, 11) is 0. The molecule has 1 aliphatic rings. The molecule has 10 heteroatoms. The van der Waals surface area contributed by atoms with Crippen LogP contribution < -0.4 is 15.4 Å². The van der Waals surface area contributed by atoms with E-state index in [9.17, 15) is 19.5 Å². The van der Waals surface area contributed by atoms with E-state index in [0.29, 0.717) is 24.1 Å². The summed E-state index contributed by atoms with van der Waals surface area (Å²) < 4.78 is 10.8. The Morgan fingerprint density at radius 3 is 2.85 bits per heavy atom. The summed E-state index contributed by atoms with van der Waals surface area (Å²) in [5, 5.41) is 22.2. The summed E-state index contributed by atoms with van der Waals surface area (Å²) in [4.78, 5) is 35.3. The lowest BCUT2D eigenvalue weighted by Crippen LogP contribution is -2.33. The van der Waals surface area contributed by atoms with Gasteiger partial charge < -0.3 is 25.2 Å². The van der Waals surface area contributed by atoms with E-state index >= 15 is 0 Å². The quantitative estimate of drug-likeness (QED) is 0.355. The number of H-pyrrole nitrogens is 1. The molecule has 2 aromatic rings. The Morgan fingerprint density at radius 1 is 1.36 bits per heavy atom. The molecule has 2 unspecified atom stereocenters. The summed E-state index contributed by atoms with van der Waals surface area (Å²) in [6.07, 6.45) is 7.37. The van der Waals surface area contributed by atoms with Gasteiger partial charge in [-0.15, -0.1) is 6.42 Å². The van der Waals surface area contributed by atoms with Gasteiger partial charge in [-0.2, -0.15) is 5.10 Å². The Bertz CT molecular complexity index is 1070. The monoisotopic (exact) mass is 454 g/mol. The highest BCUT2D eigenvalue weighted by molar-refractivity contribution is 5.91. The minimum atomic E-state index is -0.506. The molecule has 1 saturated carbocycles. The number of alkyl carbamates (subject to hydrolysis) is 1. The van der Waals surface area contributed by atoms with Crippen molar-refractivity contribution in [1.82, 2.24) is 15.5 Å². The van der Waals surface area contributed by atoms with Crippen molar-refractivity contribution in [2.45, 2.75) is 51.2 Å². The molecule has 0 bridgehead atoms. The molecule has 10 nitrogen and oxygen atoms in total. The van der Waals surface area contributed by atoms with Crippen molar-refractivity contribution in [2.24, 2.45) is 0 Å². The van der Waals surface area contributed by atoms with E-state index in [4.69, 9.17) is 15.9 Å². The fourth-order valence-corrected chi connectivity index (χ4v) is 3.62. The van der Waals surface area contributed by atoms with Crippen LogP contribution in [0.15, 0.2) is 18.2 Å². The van der Waals surface area contributed by atoms with Crippen LogP contribution in [-0.4, -0.2) is 52.3 Å². The minimum absolute atomic E-state index is 0.00863. The second-order valence-electron chi connectivity index (χ2n) is 8.05. The lowest BCUT2D eigenvalue weighted by molar-refractivity contribution is -0.118. The van der Waals surface area contributed by atoms with Crippen LogP contribution in [0.2, 0.25) is 0 Å². The lowest BCUT2D eigenvalue weighted by Gasteiger charge is -2.14. The minimum Gasteiger partial charge on any atom is -0.507 e. The highest BCUT2D eigenvalue weighted by Crippen LogP contribution is 2.36. The van der Waals surface area contributed by atoms with Crippen LogP contribution >= 0.6 is 0 Å². The number of benzene rings is 1. The predicted octanol–water partition coefficient (Wildman–Crippen LogP) is 2.70. The number of rotatable bonds is 8. The van der Waals surface area contributed by atoms with Crippen LogP contribution in [0.4, 0.5) is 10.6 Å². The molecule has 33 heavy (non-hydrogen) atoms. The van der Waals surface area contributed by atoms with Gasteiger partial charge in [0.2, 0.25) is 0 Å². The lowest BCUT2D eigenvalue weighted by atomic mass is 10.0. The third-order valence-corrected chi connectivity index (χ3v) is 5.13. The molecule has 1 heterocycles. The molecule has 0 radical (unpaired) electrons. The summed E-state index contributed by atoms with van der Waals surface area (Å²) in [6, 6.07) is 4.39. The van der Waals surface area contributed by atoms with E-state index in [1.54, 1.807) is 6.07 Å². The predicted molar refractivity (Wildman–Crippen MR) is 119 cm³/mol. The number of carbonyl (C=O) groups is 3. The number of nitrogens with zero attached hydrogens (tertiary/aromatic N) is 1. The van der Waals surface area contributed by atoms with Crippen molar-refractivity contribution in [3.63, 3.8) is 0 Å². The molecule has 3 rings (SSSR count). The number of carbonyl (C=O) groups excluding carboxylic acids is 3. The molecule has 1 fully saturated rings. The van der Waals surface area contributed by atoms with Gasteiger partial charge in [-0.25, -0.2) is 4.79 Å². The first kappa shape index (κ1) is 23.7. The summed E-state index contributed by atoms with van der Waals surface area (Å²) >= 11 is 0. The first-order chi connectivity index (χ1) is 15.8. The Hall–Kier alpha value is -4.00. The fourth-order valence-electron chi connectivity index (χ4n) is 3.62. The van der Waals surface area contributed by atoms with Gasteiger partial charge >= 0.3 is 6.09 Å². The number of aromatic nitrogens is 2. The van der Waals surface area contributed by atoms with Crippen molar-refractivity contribution in [3.8, 4) is 23.8 Å². The maximum absolute atomic E-state index is 12.3. The number of ether oxygens (including phenoxy) is 2. The first-order valence-electron chi connectivity index (χ1n) is 10.5. The van der Waals surface area contributed by atoms with Crippen LogP contribution in [0.1, 0.15) is 60.6 Å². The maximum Gasteiger partial charge on any atom is 0.407 e. The number of terminal acetylenes is 1. The van der Waals surface area contributed by atoms with Gasteiger partial charge in [-0.3, -0.25) is 14.7 Å². The van der Waals surface area contributed by atoms with Gasteiger partial charge in [0.25, 0.3) is 5.91 Å². The molecular formula is C23H26N4O6. The van der Waals surface area contributed by atoms with Gasteiger partial charge in [0, 0.05) is 29.3 Å². The van der Waals surface area contributed by atoms with Crippen molar-refractivity contribution in [3.05, 3.63) is 35.0 Å². The first-order valence-corrected chi connectivity index (χ1v) is 10.5. The average Bonchev–Trinajstić information content (AvgIpc) is 3.40. The standard InChI is InChI=1S/C23H26N4O6/c1-4-14-7-19(29)17(11-28)20(8-14)32-12-22(30)25-21-10-18(26-27-21)15-5-6-16(9-15)33-23(31)24-13(2)3/h1,7-8,10-11,13,15-16,29H,5-6,9,12H2,2-3H3,(H,24,31)(H2,25,26,27,30). The Morgan fingerprint density at radius 2 is 2.15 bits per heavy atom. The number of phenols is 1. The molecular weight excluding hydrogens is 428 g/mol. The summed E-state index contributed by atoms with van der Waals surface area (Å²) in [6.45, 7) is 3.31. The second-order valence-corrected chi connectivity index (χ2v) is 8.05. The summed E-state index contributed by atoms with van der Waals surface area (Å²) in [5.41, 5.74) is 1.05. The van der Waals surface area contributed by atoms with Gasteiger partial charge in [0.15, 0.2) is 18.7 Å². The number of aldehydes is 1. The highest BCUT2D eigenvalue weighted by Gasteiger charge is 2.30. The fraction of sp³-hybridized carbons (Fsp3) is 0.391. The van der Waals surface area contributed by atoms with Gasteiger partial charge in [0.05, 0.1) is 5.56 Å². The number of phenolic OH excluding ortho intramolecular Hbond substituents is 1. The number of aromatic amines is 1. The zero-order valence-electron chi connectivity index (χ0n) is 18.4. The van der Waals surface area contributed by atoms with E-state index in [1.807, 2.05) is 13.8 Å². The SMILES string of the molecule is C#Cc1cc(O)c(C=O)c(OCC(=O)Nc2cc(C3CCC(OC(=O)NC(C)C)C3)[nH]n2)c1. The number of hydrogen-bond donors (Lipinski definition) is 4. The number of hydrogen-bond acceptors (Lipinski definition) is 7. The molecule has 2 amide bonds. The van der Waals surface area contributed by atoms with E-state index in [2.05, 4.69) is 26.8 Å². The van der Waals surface area contributed by atoms with Crippen molar-refractivity contribution in [2.75, 3.05) is 11.9 Å². The molecule has 1 aliphatic carbocycles. The Balaban J connectivity index is 1.53. The van der Waals surface area contributed by atoms with Gasteiger partial charge in [0.1, 0.15) is 17.6 Å². The molecule has 4 N–H and O–H groups in total.